The minimum Gasteiger partial charge on any atom is -0.348 e. The number of nitrogens with two attached hydrogens (primary N) is 1. The third-order valence-corrected chi connectivity index (χ3v) is 5.98. The SMILES string of the molecule is Cc1cc(S(N)(=O)=O)ccc1C(=O)NC1C(C)(C)C1(C)C. The van der Waals surface area contributed by atoms with Crippen LogP contribution in [0.2, 0.25) is 0 Å². The molecule has 5 nitrogen and oxygen atoms in total. The Morgan fingerprint density at radius 1 is 1.19 bits per heavy atom. The van der Waals surface area contributed by atoms with Gasteiger partial charge in [0.25, 0.3) is 5.91 Å². The van der Waals surface area contributed by atoms with Gasteiger partial charge in [0.05, 0.1) is 4.90 Å². The summed E-state index contributed by atoms with van der Waals surface area (Å²) in [6, 6.07) is 4.40. The molecule has 1 aromatic rings. The molecule has 3 N–H and O–H groups in total. The van der Waals surface area contributed by atoms with Gasteiger partial charge < -0.3 is 5.32 Å². The predicted molar refractivity (Wildman–Crippen MR) is 81.4 cm³/mol. The number of carbonyl (C=O) groups is 1. The van der Waals surface area contributed by atoms with Crippen molar-refractivity contribution >= 4 is 15.9 Å². The summed E-state index contributed by atoms with van der Waals surface area (Å²) >= 11 is 0. The first-order valence-corrected chi connectivity index (χ1v) is 8.38. The van der Waals surface area contributed by atoms with E-state index in [1.54, 1.807) is 6.92 Å². The Labute approximate surface area is 126 Å². The summed E-state index contributed by atoms with van der Waals surface area (Å²) in [7, 11) is -3.75. The highest BCUT2D eigenvalue weighted by atomic mass is 32.2. The number of primary sulfonamides is 1. The molecule has 1 saturated carbocycles. The van der Waals surface area contributed by atoms with Crippen molar-refractivity contribution < 1.29 is 13.2 Å². The van der Waals surface area contributed by atoms with Crippen LogP contribution in [0.5, 0.6) is 0 Å². The molecule has 1 aliphatic rings. The Balaban J connectivity index is 2.22. The summed E-state index contributed by atoms with van der Waals surface area (Å²) in [5, 5.41) is 8.12. The Morgan fingerprint density at radius 2 is 1.71 bits per heavy atom. The highest BCUT2D eigenvalue weighted by Crippen LogP contribution is 2.62. The molecule has 0 unspecified atom stereocenters. The molecule has 0 radical (unpaired) electrons. The van der Waals surface area contributed by atoms with Gasteiger partial charge in [-0.3, -0.25) is 4.79 Å². The van der Waals surface area contributed by atoms with E-state index in [1.807, 2.05) is 0 Å². The van der Waals surface area contributed by atoms with E-state index in [0.29, 0.717) is 11.1 Å². The fraction of sp³-hybridized carbons (Fsp3) is 0.533. The Morgan fingerprint density at radius 3 is 2.10 bits per heavy atom. The average molecular weight is 310 g/mol. The second kappa shape index (κ2) is 4.55. The molecule has 1 amide bonds. The van der Waals surface area contributed by atoms with Crippen LogP contribution in [0.1, 0.15) is 43.6 Å². The lowest BCUT2D eigenvalue weighted by atomic mass is 10.0. The number of nitrogens with one attached hydrogen (secondary N) is 1. The first-order valence-electron chi connectivity index (χ1n) is 6.83. The van der Waals surface area contributed by atoms with Crippen LogP contribution in [0.25, 0.3) is 0 Å². The smallest absolute Gasteiger partial charge is 0.251 e. The number of sulfonamides is 1. The number of hydrogen-bond donors (Lipinski definition) is 2. The first kappa shape index (κ1) is 16.0. The molecule has 0 saturated heterocycles. The Hall–Kier alpha value is -1.40. The zero-order valence-corrected chi connectivity index (χ0v) is 13.8. The lowest BCUT2D eigenvalue weighted by molar-refractivity contribution is 0.0943. The molecule has 0 spiro atoms. The maximum Gasteiger partial charge on any atom is 0.251 e. The zero-order valence-electron chi connectivity index (χ0n) is 13.0. The maximum absolute atomic E-state index is 12.4. The van der Waals surface area contributed by atoms with Crippen molar-refractivity contribution in [3.8, 4) is 0 Å². The fourth-order valence-corrected chi connectivity index (χ4v) is 3.43. The molecule has 21 heavy (non-hydrogen) atoms. The fourth-order valence-electron chi connectivity index (χ4n) is 2.83. The van der Waals surface area contributed by atoms with E-state index in [0.717, 1.165) is 0 Å². The van der Waals surface area contributed by atoms with Gasteiger partial charge >= 0.3 is 0 Å². The van der Waals surface area contributed by atoms with Crippen LogP contribution in [0.15, 0.2) is 23.1 Å². The standard InChI is InChI=1S/C15H22N2O3S/c1-9-8-10(21(16,19)20)6-7-11(9)12(18)17-13-14(2,3)15(13,4)5/h6-8,13H,1-5H3,(H,17,18)(H2,16,19,20). The number of aryl methyl sites for hydroxylation is 1. The van der Waals surface area contributed by atoms with Gasteiger partial charge in [0.15, 0.2) is 0 Å². The molecule has 1 aliphatic carbocycles. The second-order valence-corrected chi connectivity index (χ2v) is 8.43. The molecule has 1 fully saturated rings. The minimum absolute atomic E-state index is 0.0173. The number of carbonyl (C=O) groups excluding carboxylic acids is 1. The normalized spacial score (nSPS) is 20.1. The molecule has 0 atom stereocenters. The van der Waals surface area contributed by atoms with Gasteiger partial charge in [-0.25, -0.2) is 13.6 Å². The van der Waals surface area contributed by atoms with E-state index in [4.69, 9.17) is 5.14 Å². The predicted octanol–water partition coefficient (Wildman–Crippen LogP) is 1.81. The lowest BCUT2D eigenvalue weighted by Gasteiger charge is -2.10. The topological polar surface area (TPSA) is 89.3 Å². The minimum atomic E-state index is -3.75. The molecule has 0 bridgehead atoms. The largest absolute Gasteiger partial charge is 0.348 e. The molecule has 6 heteroatoms. The molecule has 1 aromatic carbocycles. The third-order valence-electron chi connectivity index (χ3n) is 5.07. The lowest BCUT2D eigenvalue weighted by Crippen LogP contribution is -2.30. The molecular weight excluding hydrogens is 288 g/mol. The zero-order chi connectivity index (χ0) is 16.2. The van der Waals surface area contributed by atoms with Crippen LogP contribution in [0.3, 0.4) is 0 Å². The van der Waals surface area contributed by atoms with E-state index in [1.165, 1.54) is 18.2 Å². The van der Waals surface area contributed by atoms with Crippen molar-refractivity contribution in [1.82, 2.24) is 5.32 Å². The van der Waals surface area contributed by atoms with Crippen LogP contribution in [0.4, 0.5) is 0 Å². The first-order chi connectivity index (χ1) is 9.39. The molecule has 0 aliphatic heterocycles. The summed E-state index contributed by atoms with van der Waals surface area (Å²) in [6.07, 6.45) is 0. The van der Waals surface area contributed by atoms with Crippen molar-refractivity contribution in [2.24, 2.45) is 16.0 Å². The monoisotopic (exact) mass is 310 g/mol. The number of rotatable bonds is 3. The van der Waals surface area contributed by atoms with Crippen molar-refractivity contribution in [3.05, 3.63) is 29.3 Å². The van der Waals surface area contributed by atoms with Gasteiger partial charge in [0.2, 0.25) is 10.0 Å². The highest BCUT2D eigenvalue weighted by molar-refractivity contribution is 7.89. The molecular formula is C15H22N2O3S. The average Bonchev–Trinajstić information content (AvgIpc) is 2.70. The summed E-state index contributed by atoms with van der Waals surface area (Å²) in [4.78, 5) is 12.4. The van der Waals surface area contributed by atoms with Gasteiger partial charge in [-0.1, -0.05) is 27.7 Å². The van der Waals surface area contributed by atoms with E-state index in [2.05, 4.69) is 33.0 Å². The summed E-state index contributed by atoms with van der Waals surface area (Å²) < 4.78 is 22.6. The van der Waals surface area contributed by atoms with Crippen LogP contribution in [-0.4, -0.2) is 20.4 Å². The van der Waals surface area contributed by atoms with Gasteiger partial charge in [0.1, 0.15) is 0 Å². The van der Waals surface area contributed by atoms with E-state index in [9.17, 15) is 13.2 Å². The van der Waals surface area contributed by atoms with Crippen molar-refractivity contribution in [1.29, 1.82) is 0 Å². The van der Waals surface area contributed by atoms with Crippen molar-refractivity contribution in [3.63, 3.8) is 0 Å². The quantitative estimate of drug-likeness (QED) is 0.892. The van der Waals surface area contributed by atoms with Gasteiger partial charge in [0, 0.05) is 11.6 Å². The van der Waals surface area contributed by atoms with E-state index < -0.39 is 10.0 Å². The number of hydrogen-bond acceptors (Lipinski definition) is 3. The van der Waals surface area contributed by atoms with Gasteiger partial charge in [-0.15, -0.1) is 0 Å². The summed E-state index contributed by atoms with van der Waals surface area (Å²) in [5.41, 5.74) is 1.17. The molecule has 2 rings (SSSR count). The van der Waals surface area contributed by atoms with E-state index >= 15 is 0 Å². The van der Waals surface area contributed by atoms with Crippen LogP contribution < -0.4 is 10.5 Å². The summed E-state index contributed by atoms with van der Waals surface area (Å²) in [5.74, 6) is -0.183. The maximum atomic E-state index is 12.4. The Kier molecular flexibility index (Phi) is 3.46. The molecule has 116 valence electrons. The van der Waals surface area contributed by atoms with Gasteiger partial charge in [-0.05, 0) is 41.5 Å². The van der Waals surface area contributed by atoms with E-state index in [-0.39, 0.29) is 27.7 Å². The third kappa shape index (κ3) is 2.58. The van der Waals surface area contributed by atoms with Crippen LogP contribution in [-0.2, 0) is 10.0 Å². The molecule has 0 heterocycles. The number of amides is 1. The summed E-state index contributed by atoms with van der Waals surface area (Å²) in [6.45, 7) is 10.2. The highest BCUT2D eigenvalue weighted by Gasteiger charge is 2.65. The van der Waals surface area contributed by atoms with Crippen molar-refractivity contribution in [2.75, 3.05) is 0 Å². The van der Waals surface area contributed by atoms with Gasteiger partial charge in [-0.2, -0.15) is 0 Å². The van der Waals surface area contributed by atoms with Crippen LogP contribution >= 0.6 is 0 Å². The van der Waals surface area contributed by atoms with Crippen LogP contribution in [0, 0.1) is 17.8 Å². The Bertz CT molecular complexity index is 692. The molecule has 0 aromatic heterocycles. The second-order valence-electron chi connectivity index (χ2n) is 6.87. The number of benzene rings is 1. The van der Waals surface area contributed by atoms with Crippen molar-refractivity contribution in [2.45, 2.75) is 45.6 Å².